The minimum absolute atomic E-state index is 0.668. The Morgan fingerprint density at radius 2 is 2.07 bits per heavy atom. The van der Waals surface area contributed by atoms with Gasteiger partial charge in [-0.15, -0.1) is 0 Å². The lowest BCUT2D eigenvalue weighted by Crippen LogP contribution is -2.19. The molecular formula is C11H17N3. The maximum absolute atomic E-state index is 5.77. The molecule has 1 unspecified atom stereocenters. The molecule has 1 aromatic rings. The molecule has 0 bridgehead atoms. The molecule has 1 atom stereocenters. The van der Waals surface area contributed by atoms with Crippen molar-refractivity contribution >= 4 is 17.1 Å². The largest absolute Gasteiger partial charge is 0.397 e. The van der Waals surface area contributed by atoms with Gasteiger partial charge in [-0.2, -0.15) is 0 Å². The monoisotopic (exact) mass is 191 g/mol. The van der Waals surface area contributed by atoms with Gasteiger partial charge in [0, 0.05) is 18.8 Å². The summed E-state index contributed by atoms with van der Waals surface area (Å²) in [6.45, 7) is 4.54. The lowest BCUT2D eigenvalue weighted by Gasteiger charge is -2.18. The van der Waals surface area contributed by atoms with Gasteiger partial charge in [0.2, 0.25) is 0 Å². The van der Waals surface area contributed by atoms with Crippen LogP contribution in [0.1, 0.15) is 13.3 Å². The maximum atomic E-state index is 5.77. The van der Waals surface area contributed by atoms with Crippen LogP contribution >= 0.6 is 0 Å². The Morgan fingerprint density at radius 1 is 1.29 bits per heavy atom. The summed E-state index contributed by atoms with van der Waals surface area (Å²) in [6, 6.07) is 5.89. The Balaban J connectivity index is 2.20. The second-order valence-electron chi connectivity index (χ2n) is 4.15. The zero-order chi connectivity index (χ0) is 10.1. The third-order valence-electron chi connectivity index (χ3n) is 2.86. The molecule has 0 spiro atoms. The highest BCUT2D eigenvalue weighted by Gasteiger charge is 2.18. The molecule has 0 amide bonds. The van der Waals surface area contributed by atoms with E-state index in [1.165, 1.54) is 12.1 Å². The van der Waals surface area contributed by atoms with Crippen LogP contribution in [0.4, 0.5) is 17.1 Å². The first kappa shape index (κ1) is 9.19. The van der Waals surface area contributed by atoms with Crippen LogP contribution in [0.15, 0.2) is 18.2 Å². The summed E-state index contributed by atoms with van der Waals surface area (Å²) >= 11 is 0. The molecule has 1 saturated heterocycles. The first-order valence-electron chi connectivity index (χ1n) is 5.07. The molecule has 1 aliphatic heterocycles. The number of benzene rings is 1. The van der Waals surface area contributed by atoms with Gasteiger partial charge in [-0.1, -0.05) is 6.92 Å². The van der Waals surface area contributed by atoms with E-state index in [2.05, 4.69) is 11.8 Å². The lowest BCUT2D eigenvalue weighted by molar-refractivity contribution is 0.659. The van der Waals surface area contributed by atoms with Crippen LogP contribution in [-0.4, -0.2) is 13.1 Å². The average molecular weight is 191 g/mol. The molecule has 4 N–H and O–H groups in total. The molecule has 1 fully saturated rings. The van der Waals surface area contributed by atoms with Crippen molar-refractivity contribution in [1.29, 1.82) is 0 Å². The number of rotatable bonds is 1. The maximum Gasteiger partial charge on any atom is 0.0568 e. The average Bonchev–Trinajstić information content (AvgIpc) is 2.57. The van der Waals surface area contributed by atoms with Crippen molar-refractivity contribution in [3.63, 3.8) is 0 Å². The third kappa shape index (κ3) is 1.62. The lowest BCUT2D eigenvalue weighted by atomic mass is 10.2. The van der Waals surface area contributed by atoms with E-state index in [4.69, 9.17) is 11.5 Å². The summed E-state index contributed by atoms with van der Waals surface area (Å²) in [7, 11) is 0. The minimum atomic E-state index is 0.668. The van der Waals surface area contributed by atoms with Crippen molar-refractivity contribution in [3.8, 4) is 0 Å². The van der Waals surface area contributed by atoms with Crippen LogP contribution in [0, 0.1) is 5.92 Å². The van der Waals surface area contributed by atoms with Crippen molar-refractivity contribution in [1.82, 2.24) is 0 Å². The third-order valence-corrected chi connectivity index (χ3v) is 2.86. The van der Waals surface area contributed by atoms with Crippen LogP contribution in [0.2, 0.25) is 0 Å². The number of nitrogens with zero attached hydrogens (tertiary/aromatic N) is 1. The Bertz CT molecular complexity index is 335. The summed E-state index contributed by atoms with van der Waals surface area (Å²) < 4.78 is 0. The molecule has 3 heteroatoms. The van der Waals surface area contributed by atoms with Crippen molar-refractivity contribution in [3.05, 3.63) is 18.2 Å². The number of hydrogen-bond acceptors (Lipinski definition) is 3. The molecule has 1 aromatic carbocycles. The van der Waals surface area contributed by atoms with Crippen LogP contribution in [0.25, 0.3) is 0 Å². The van der Waals surface area contributed by atoms with Crippen molar-refractivity contribution in [2.45, 2.75) is 13.3 Å². The summed E-state index contributed by atoms with van der Waals surface area (Å²) in [5.74, 6) is 0.786. The van der Waals surface area contributed by atoms with E-state index in [1.54, 1.807) is 0 Å². The van der Waals surface area contributed by atoms with E-state index >= 15 is 0 Å². The van der Waals surface area contributed by atoms with Crippen LogP contribution in [0.5, 0.6) is 0 Å². The molecule has 3 nitrogen and oxygen atoms in total. The smallest absolute Gasteiger partial charge is 0.0568 e. The Morgan fingerprint density at radius 3 is 2.64 bits per heavy atom. The Hall–Kier alpha value is -1.38. The van der Waals surface area contributed by atoms with Gasteiger partial charge in [0.1, 0.15) is 0 Å². The fourth-order valence-corrected chi connectivity index (χ4v) is 1.93. The number of nitrogens with two attached hydrogens (primary N) is 2. The van der Waals surface area contributed by atoms with Gasteiger partial charge < -0.3 is 16.4 Å². The fraction of sp³-hybridized carbons (Fsp3) is 0.455. The highest BCUT2D eigenvalue weighted by molar-refractivity contribution is 5.70. The predicted molar refractivity (Wildman–Crippen MR) is 61.3 cm³/mol. The second kappa shape index (κ2) is 3.40. The zero-order valence-electron chi connectivity index (χ0n) is 8.53. The number of nitrogen functional groups attached to an aromatic ring is 2. The summed E-state index contributed by atoms with van der Waals surface area (Å²) in [5.41, 5.74) is 14.0. The molecule has 1 aliphatic rings. The van der Waals surface area contributed by atoms with E-state index in [0.29, 0.717) is 11.4 Å². The molecule has 2 rings (SSSR count). The van der Waals surface area contributed by atoms with Gasteiger partial charge in [-0.05, 0) is 30.5 Å². The molecule has 14 heavy (non-hydrogen) atoms. The van der Waals surface area contributed by atoms with Gasteiger partial charge >= 0.3 is 0 Å². The van der Waals surface area contributed by atoms with Gasteiger partial charge in [-0.25, -0.2) is 0 Å². The molecule has 76 valence electrons. The van der Waals surface area contributed by atoms with E-state index < -0.39 is 0 Å². The number of anilines is 3. The van der Waals surface area contributed by atoms with E-state index in [1.807, 2.05) is 18.2 Å². The predicted octanol–water partition coefficient (Wildman–Crippen LogP) is 1.70. The molecule has 0 saturated carbocycles. The normalized spacial score (nSPS) is 21.5. The Labute approximate surface area is 84.7 Å². The van der Waals surface area contributed by atoms with E-state index in [9.17, 15) is 0 Å². The van der Waals surface area contributed by atoms with Gasteiger partial charge in [-0.3, -0.25) is 0 Å². The molecular weight excluding hydrogens is 174 g/mol. The van der Waals surface area contributed by atoms with Crippen LogP contribution in [0.3, 0.4) is 0 Å². The highest BCUT2D eigenvalue weighted by atomic mass is 15.1. The molecule has 0 aliphatic carbocycles. The van der Waals surface area contributed by atoms with Gasteiger partial charge in [0.05, 0.1) is 11.4 Å². The van der Waals surface area contributed by atoms with E-state index in [-0.39, 0.29) is 0 Å². The summed E-state index contributed by atoms with van der Waals surface area (Å²) in [6.07, 6.45) is 1.27. The SMILES string of the molecule is CC1CCN(c2ccc(N)c(N)c2)C1. The van der Waals surface area contributed by atoms with Crippen LogP contribution < -0.4 is 16.4 Å². The molecule has 0 radical (unpaired) electrons. The highest BCUT2D eigenvalue weighted by Crippen LogP contribution is 2.27. The van der Waals surface area contributed by atoms with Crippen molar-refractivity contribution < 1.29 is 0 Å². The minimum Gasteiger partial charge on any atom is -0.397 e. The van der Waals surface area contributed by atoms with Crippen molar-refractivity contribution in [2.24, 2.45) is 5.92 Å². The first-order chi connectivity index (χ1) is 6.66. The topological polar surface area (TPSA) is 55.3 Å². The van der Waals surface area contributed by atoms with Crippen molar-refractivity contribution in [2.75, 3.05) is 29.5 Å². The zero-order valence-corrected chi connectivity index (χ0v) is 8.53. The quantitative estimate of drug-likeness (QED) is 0.664. The number of hydrogen-bond donors (Lipinski definition) is 2. The fourth-order valence-electron chi connectivity index (χ4n) is 1.93. The summed E-state index contributed by atoms with van der Waals surface area (Å²) in [4.78, 5) is 2.36. The van der Waals surface area contributed by atoms with Gasteiger partial charge in [0.15, 0.2) is 0 Å². The second-order valence-corrected chi connectivity index (χ2v) is 4.15. The standard InChI is InChI=1S/C11H17N3/c1-8-4-5-14(7-8)9-2-3-10(12)11(13)6-9/h2-3,6,8H,4-5,7,12-13H2,1H3. The molecule has 1 heterocycles. The first-order valence-corrected chi connectivity index (χ1v) is 5.07. The summed E-state index contributed by atoms with van der Waals surface area (Å²) in [5, 5.41) is 0. The Kier molecular flexibility index (Phi) is 2.23. The van der Waals surface area contributed by atoms with E-state index in [0.717, 1.165) is 19.0 Å². The van der Waals surface area contributed by atoms with Crippen LogP contribution in [-0.2, 0) is 0 Å². The molecule has 0 aromatic heterocycles. The van der Waals surface area contributed by atoms with Gasteiger partial charge in [0.25, 0.3) is 0 Å².